The molecule has 0 radical (unpaired) electrons. The molecule has 0 aromatic carbocycles. The Morgan fingerprint density at radius 3 is 1.80 bits per heavy atom. The van der Waals surface area contributed by atoms with Gasteiger partial charge in [-0.1, -0.05) is 5.92 Å². The van der Waals surface area contributed by atoms with Crippen LogP contribution in [0.3, 0.4) is 0 Å². The van der Waals surface area contributed by atoms with Crippen molar-refractivity contribution in [3.63, 3.8) is 0 Å². The van der Waals surface area contributed by atoms with Gasteiger partial charge in [-0.15, -0.1) is 6.42 Å². The first-order valence-electron chi connectivity index (χ1n) is 5.09. The van der Waals surface area contributed by atoms with E-state index < -0.39 is 30.6 Å². The van der Waals surface area contributed by atoms with E-state index >= 15 is 0 Å². The van der Waals surface area contributed by atoms with Gasteiger partial charge in [-0.2, -0.15) is 0 Å². The third-order valence-electron chi connectivity index (χ3n) is 1.19. The number of nitrogens with one attached hydrogen (secondary N) is 1. The van der Waals surface area contributed by atoms with E-state index in [9.17, 15) is 14.4 Å². The Labute approximate surface area is 115 Å². The molecule has 0 rings (SSSR count). The van der Waals surface area contributed by atoms with E-state index in [1.165, 1.54) is 0 Å². The quantitative estimate of drug-likeness (QED) is 0.192. The molecule has 20 heavy (non-hydrogen) atoms. The molecule has 0 heterocycles. The largest absolute Gasteiger partial charge is 0.480 e. The highest BCUT2D eigenvalue weighted by Crippen LogP contribution is 1.71. The number of carboxylic acid groups (broad SMARTS) is 3. The summed E-state index contributed by atoms with van der Waals surface area (Å²) in [6.07, 6.45) is 4.81. The average molecular weight is 293 g/mol. The van der Waals surface area contributed by atoms with Crippen molar-refractivity contribution in [2.75, 3.05) is 26.2 Å². The number of aliphatic hydroxyl groups is 1. The Morgan fingerprint density at radius 2 is 1.65 bits per heavy atom. The van der Waals surface area contributed by atoms with Crippen LogP contribution < -0.4 is 16.8 Å². The molecule has 0 amide bonds. The number of carboxylic acids is 3. The van der Waals surface area contributed by atoms with Gasteiger partial charge >= 0.3 is 17.9 Å². The molecule has 0 unspecified atom stereocenters. The van der Waals surface area contributed by atoms with E-state index in [4.69, 9.17) is 32.6 Å². The van der Waals surface area contributed by atoms with Gasteiger partial charge in [-0.3, -0.25) is 19.7 Å². The van der Waals surface area contributed by atoms with Crippen LogP contribution in [0.25, 0.3) is 0 Å². The first-order valence-corrected chi connectivity index (χ1v) is 5.09. The summed E-state index contributed by atoms with van der Waals surface area (Å²) in [5.74, 6) is -0.786. The topological polar surface area (TPSA) is 196 Å². The fourth-order valence-electron chi connectivity index (χ4n) is 0.320. The van der Waals surface area contributed by atoms with Gasteiger partial charge in [-0.25, -0.2) is 0 Å². The van der Waals surface area contributed by atoms with Crippen molar-refractivity contribution in [2.24, 2.45) is 11.5 Å². The smallest absolute Gasteiger partial charge is 0.322 e. The molecule has 1 atom stereocenters. The van der Waals surface area contributed by atoms with Crippen LogP contribution in [0.5, 0.6) is 0 Å². The first-order chi connectivity index (χ1) is 9.22. The van der Waals surface area contributed by atoms with Crippen LogP contribution in [0.1, 0.15) is 0 Å². The minimum absolute atomic E-state index is 0.0653. The molecule has 0 fully saturated rings. The van der Waals surface area contributed by atoms with Crippen molar-refractivity contribution in [1.29, 1.82) is 0 Å². The molecule has 0 aromatic heterocycles. The predicted molar refractivity (Wildman–Crippen MR) is 68.7 cm³/mol. The summed E-state index contributed by atoms with van der Waals surface area (Å²) < 4.78 is 0. The molecule has 0 aliphatic rings. The van der Waals surface area contributed by atoms with Crippen molar-refractivity contribution in [1.82, 2.24) is 5.32 Å². The van der Waals surface area contributed by atoms with Crippen LogP contribution in [-0.2, 0) is 14.4 Å². The maximum Gasteiger partial charge on any atom is 0.322 e. The highest BCUT2D eigenvalue weighted by molar-refractivity contribution is 5.73. The number of rotatable bonds is 6. The summed E-state index contributed by atoms with van der Waals surface area (Å²) in [4.78, 5) is 28.6. The zero-order chi connectivity index (χ0) is 16.6. The van der Waals surface area contributed by atoms with Crippen molar-refractivity contribution in [3.8, 4) is 12.3 Å². The van der Waals surface area contributed by atoms with Crippen LogP contribution in [0.4, 0.5) is 0 Å². The van der Waals surface area contributed by atoms with E-state index in [-0.39, 0.29) is 13.1 Å². The van der Waals surface area contributed by atoms with Gasteiger partial charge in [0.15, 0.2) is 0 Å². The maximum absolute atomic E-state index is 9.74. The van der Waals surface area contributed by atoms with Gasteiger partial charge in [-0.05, 0) is 0 Å². The summed E-state index contributed by atoms with van der Waals surface area (Å²) in [6, 6.07) is -1.13. The van der Waals surface area contributed by atoms with Gasteiger partial charge in [0.05, 0.1) is 26.2 Å². The van der Waals surface area contributed by atoms with Gasteiger partial charge < -0.3 is 31.9 Å². The molecule has 0 aromatic rings. The zero-order valence-corrected chi connectivity index (χ0v) is 10.7. The molecule has 0 saturated carbocycles. The summed E-state index contributed by atoms with van der Waals surface area (Å²) in [5, 5.41) is 34.0. The molecule has 0 bridgehead atoms. The third kappa shape index (κ3) is 29.7. The predicted octanol–water partition coefficient (Wildman–Crippen LogP) is -3.29. The Morgan fingerprint density at radius 1 is 1.20 bits per heavy atom. The van der Waals surface area contributed by atoms with Crippen LogP contribution >= 0.6 is 0 Å². The molecule has 0 aliphatic carbocycles. The van der Waals surface area contributed by atoms with Crippen LogP contribution in [0.2, 0.25) is 0 Å². The van der Waals surface area contributed by atoms with Crippen molar-refractivity contribution >= 4 is 17.9 Å². The minimum atomic E-state index is -1.18. The second kappa shape index (κ2) is 16.8. The molecule has 0 saturated heterocycles. The molecular formula is C10H19N3O7. The van der Waals surface area contributed by atoms with Crippen LogP contribution in [0.15, 0.2) is 0 Å². The lowest BCUT2D eigenvalue weighted by Gasteiger charge is -1.96. The molecule has 0 spiro atoms. The normalized spacial score (nSPS) is 9.70. The molecule has 10 heteroatoms. The average Bonchev–Trinajstić information content (AvgIpc) is 2.39. The van der Waals surface area contributed by atoms with E-state index in [1.54, 1.807) is 0 Å². The highest BCUT2D eigenvalue weighted by Gasteiger charge is 2.06. The van der Waals surface area contributed by atoms with Gasteiger partial charge in [0.2, 0.25) is 0 Å². The van der Waals surface area contributed by atoms with Crippen molar-refractivity contribution < 1.29 is 34.8 Å². The lowest BCUT2D eigenvalue weighted by Crippen LogP contribution is -2.33. The summed E-state index contributed by atoms with van der Waals surface area (Å²) in [5.41, 5.74) is 9.34. The Hall–Kier alpha value is -2.19. The number of hydrogen-bond donors (Lipinski definition) is 7. The first kappa shape index (κ1) is 22.9. The molecular weight excluding hydrogens is 274 g/mol. The molecule has 9 N–H and O–H groups in total. The second-order valence-electron chi connectivity index (χ2n) is 2.93. The standard InChI is InChI=1S/C5H7NO2.C3H7NO3.C2H5NO2/c1-2-3-6-4-5(7)8;4-2(1-5)3(6)7;3-1-2(4)5/h1,6H,3-4H2,(H,7,8);2,5H,1,4H2,(H,6,7);1,3H2,(H,4,5)/t;2-;/m.0./s1. The van der Waals surface area contributed by atoms with E-state index in [2.05, 4.69) is 17.0 Å². The Kier molecular flexibility index (Phi) is 19.3. The molecule has 116 valence electrons. The molecule has 10 nitrogen and oxygen atoms in total. The van der Waals surface area contributed by atoms with Crippen LogP contribution in [0, 0.1) is 12.3 Å². The number of aliphatic hydroxyl groups excluding tert-OH is 1. The minimum Gasteiger partial charge on any atom is -0.480 e. The number of terminal acetylenes is 1. The van der Waals surface area contributed by atoms with Crippen molar-refractivity contribution in [3.05, 3.63) is 0 Å². The third-order valence-corrected chi connectivity index (χ3v) is 1.19. The Balaban J connectivity index is -0.000000223. The van der Waals surface area contributed by atoms with E-state index in [0.717, 1.165) is 0 Å². The van der Waals surface area contributed by atoms with Gasteiger partial charge in [0.1, 0.15) is 6.04 Å². The number of hydrogen-bond acceptors (Lipinski definition) is 7. The number of nitrogens with two attached hydrogens (primary N) is 2. The van der Waals surface area contributed by atoms with Crippen molar-refractivity contribution in [2.45, 2.75) is 6.04 Å². The maximum atomic E-state index is 9.74. The van der Waals surface area contributed by atoms with E-state index in [1.807, 2.05) is 0 Å². The SMILES string of the molecule is C#CCNCC(=O)O.NCC(=O)O.N[C@@H](CO)C(=O)O. The fraction of sp³-hybridized carbons (Fsp3) is 0.500. The number of carbonyl (C=O) groups is 3. The Bertz CT molecular complexity index is 327. The summed E-state index contributed by atoms with van der Waals surface area (Å²) in [6.45, 7) is -0.536. The fourth-order valence-corrected chi connectivity index (χ4v) is 0.320. The van der Waals surface area contributed by atoms with E-state index in [0.29, 0.717) is 6.54 Å². The summed E-state index contributed by atoms with van der Waals surface area (Å²) in [7, 11) is 0. The monoisotopic (exact) mass is 293 g/mol. The highest BCUT2D eigenvalue weighted by atomic mass is 16.4. The number of aliphatic carboxylic acids is 3. The van der Waals surface area contributed by atoms with Gasteiger partial charge in [0, 0.05) is 0 Å². The summed E-state index contributed by atoms with van der Waals surface area (Å²) >= 11 is 0. The zero-order valence-electron chi connectivity index (χ0n) is 10.7. The second-order valence-corrected chi connectivity index (χ2v) is 2.93. The lowest BCUT2D eigenvalue weighted by molar-refractivity contribution is -0.139. The molecule has 0 aliphatic heterocycles. The lowest BCUT2D eigenvalue weighted by atomic mass is 10.3. The van der Waals surface area contributed by atoms with Gasteiger partial charge in [0.25, 0.3) is 0 Å². The van der Waals surface area contributed by atoms with Crippen LogP contribution in [-0.4, -0.2) is 70.6 Å².